The Hall–Kier alpha value is -1.35. The van der Waals surface area contributed by atoms with Gasteiger partial charge in [0.05, 0.1) is 5.92 Å². The standard InChI is InChI=1S/C11H12O3/c1-7-9(12)10(14-11(7)13)8-5-3-2-4-6-8/h2-7,9-10,12H,1H3/t7-,9-,10+/m1/s1. The van der Waals surface area contributed by atoms with E-state index in [9.17, 15) is 9.90 Å². The Labute approximate surface area is 82.3 Å². The van der Waals surface area contributed by atoms with Crippen molar-refractivity contribution in [3.05, 3.63) is 35.9 Å². The van der Waals surface area contributed by atoms with E-state index in [1.165, 1.54) is 0 Å². The fourth-order valence-electron chi connectivity index (χ4n) is 1.61. The van der Waals surface area contributed by atoms with E-state index in [0.717, 1.165) is 5.56 Å². The fraction of sp³-hybridized carbons (Fsp3) is 0.364. The third-order valence-corrected chi connectivity index (χ3v) is 2.57. The van der Waals surface area contributed by atoms with Crippen LogP contribution < -0.4 is 0 Å². The second-order valence-electron chi connectivity index (χ2n) is 3.55. The molecule has 0 aromatic heterocycles. The number of benzene rings is 1. The highest BCUT2D eigenvalue weighted by Gasteiger charge is 2.41. The van der Waals surface area contributed by atoms with Gasteiger partial charge in [-0.25, -0.2) is 0 Å². The molecule has 0 radical (unpaired) electrons. The second kappa shape index (κ2) is 3.42. The van der Waals surface area contributed by atoms with Crippen molar-refractivity contribution in [1.29, 1.82) is 0 Å². The van der Waals surface area contributed by atoms with E-state index in [1.807, 2.05) is 30.3 Å². The summed E-state index contributed by atoms with van der Waals surface area (Å²) in [6.45, 7) is 1.68. The molecule has 1 N–H and O–H groups in total. The molecule has 0 saturated carbocycles. The van der Waals surface area contributed by atoms with Gasteiger partial charge in [0.25, 0.3) is 0 Å². The number of ether oxygens (including phenoxy) is 1. The van der Waals surface area contributed by atoms with Gasteiger partial charge in [-0.1, -0.05) is 30.3 Å². The van der Waals surface area contributed by atoms with Crippen molar-refractivity contribution in [1.82, 2.24) is 0 Å². The van der Waals surface area contributed by atoms with Crippen molar-refractivity contribution in [3.63, 3.8) is 0 Å². The van der Waals surface area contributed by atoms with Crippen molar-refractivity contribution in [2.75, 3.05) is 0 Å². The fourth-order valence-corrected chi connectivity index (χ4v) is 1.61. The predicted molar refractivity (Wildman–Crippen MR) is 50.4 cm³/mol. The summed E-state index contributed by atoms with van der Waals surface area (Å²) in [5.74, 6) is -0.758. The van der Waals surface area contributed by atoms with Crippen LogP contribution in [0.1, 0.15) is 18.6 Å². The smallest absolute Gasteiger partial charge is 0.312 e. The van der Waals surface area contributed by atoms with Crippen LogP contribution >= 0.6 is 0 Å². The van der Waals surface area contributed by atoms with Gasteiger partial charge in [0, 0.05) is 0 Å². The third-order valence-electron chi connectivity index (χ3n) is 2.57. The maximum absolute atomic E-state index is 11.2. The van der Waals surface area contributed by atoms with E-state index in [2.05, 4.69) is 0 Å². The van der Waals surface area contributed by atoms with Crippen LogP contribution in [-0.2, 0) is 9.53 Å². The molecule has 74 valence electrons. The Bertz CT molecular complexity index is 334. The quantitative estimate of drug-likeness (QED) is 0.682. The zero-order valence-corrected chi connectivity index (χ0v) is 7.88. The molecule has 1 heterocycles. The lowest BCUT2D eigenvalue weighted by Crippen LogP contribution is -2.19. The van der Waals surface area contributed by atoms with E-state index >= 15 is 0 Å². The monoisotopic (exact) mass is 192 g/mol. The molecule has 1 aromatic rings. The summed E-state index contributed by atoms with van der Waals surface area (Å²) in [6.07, 6.45) is -1.23. The summed E-state index contributed by atoms with van der Waals surface area (Å²) >= 11 is 0. The van der Waals surface area contributed by atoms with Crippen molar-refractivity contribution in [3.8, 4) is 0 Å². The van der Waals surface area contributed by atoms with Crippen LogP contribution in [-0.4, -0.2) is 17.2 Å². The number of carbonyl (C=O) groups excluding carboxylic acids is 1. The van der Waals surface area contributed by atoms with E-state index in [4.69, 9.17) is 4.74 Å². The highest BCUT2D eigenvalue weighted by Crippen LogP contribution is 2.33. The van der Waals surface area contributed by atoms with E-state index in [0.29, 0.717) is 0 Å². The van der Waals surface area contributed by atoms with Crippen molar-refractivity contribution >= 4 is 5.97 Å². The largest absolute Gasteiger partial charge is 0.454 e. The van der Waals surface area contributed by atoms with Crippen LogP contribution in [0.15, 0.2) is 30.3 Å². The van der Waals surface area contributed by atoms with Gasteiger partial charge in [0.1, 0.15) is 6.10 Å². The molecule has 1 fully saturated rings. The lowest BCUT2D eigenvalue weighted by atomic mass is 9.98. The number of cyclic esters (lactones) is 1. The highest BCUT2D eigenvalue weighted by atomic mass is 16.6. The van der Waals surface area contributed by atoms with Crippen LogP contribution in [0, 0.1) is 5.92 Å². The summed E-state index contributed by atoms with van der Waals surface area (Å²) in [6, 6.07) is 9.30. The number of aliphatic hydroxyl groups is 1. The summed E-state index contributed by atoms with van der Waals surface area (Å²) in [5, 5.41) is 9.74. The minimum atomic E-state index is -0.732. The third kappa shape index (κ3) is 1.40. The number of esters is 1. The minimum Gasteiger partial charge on any atom is -0.454 e. The highest BCUT2D eigenvalue weighted by molar-refractivity contribution is 5.75. The van der Waals surface area contributed by atoms with Gasteiger partial charge in [0.2, 0.25) is 0 Å². The number of hydrogen-bond acceptors (Lipinski definition) is 3. The Morgan fingerprint density at radius 1 is 1.29 bits per heavy atom. The first kappa shape index (κ1) is 9.21. The molecule has 0 amide bonds. The molecule has 2 rings (SSSR count). The molecule has 1 aliphatic heterocycles. The SMILES string of the molecule is C[C@H]1C(=O)O[C@@H](c2ccccc2)[C@@H]1O. The van der Waals surface area contributed by atoms with Gasteiger partial charge in [-0.2, -0.15) is 0 Å². The van der Waals surface area contributed by atoms with Crippen molar-refractivity contribution in [2.45, 2.75) is 19.1 Å². The topological polar surface area (TPSA) is 46.5 Å². The Morgan fingerprint density at radius 2 is 1.93 bits per heavy atom. The zero-order valence-electron chi connectivity index (χ0n) is 7.88. The molecule has 1 saturated heterocycles. The summed E-state index contributed by atoms with van der Waals surface area (Å²) in [5.41, 5.74) is 0.845. The van der Waals surface area contributed by atoms with Crippen molar-refractivity contribution < 1.29 is 14.6 Å². The lowest BCUT2D eigenvalue weighted by molar-refractivity contribution is -0.144. The number of rotatable bonds is 1. The summed E-state index contributed by atoms with van der Waals surface area (Å²) < 4.78 is 5.08. The van der Waals surface area contributed by atoms with Crippen LogP contribution in [0.25, 0.3) is 0 Å². The molecule has 0 aliphatic carbocycles. The molecule has 0 unspecified atom stereocenters. The molecule has 3 nitrogen and oxygen atoms in total. The van der Waals surface area contributed by atoms with Gasteiger partial charge < -0.3 is 9.84 Å². The zero-order chi connectivity index (χ0) is 10.1. The van der Waals surface area contributed by atoms with E-state index in [1.54, 1.807) is 6.92 Å². The van der Waals surface area contributed by atoms with Gasteiger partial charge in [-0.3, -0.25) is 4.79 Å². The molecule has 3 atom stereocenters. The first-order valence-corrected chi connectivity index (χ1v) is 4.63. The molecule has 1 aromatic carbocycles. The molecule has 3 heteroatoms. The molecule has 0 spiro atoms. The van der Waals surface area contributed by atoms with Gasteiger partial charge in [0.15, 0.2) is 6.10 Å². The molecule has 0 bridgehead atoms. The van der Waals surface area contributed by atoms with Crippen molar-refractivity contribution in [2.24, 2.45) is 5.92 Å². The average Bonchev–Trinajstić information content (AvgIpc) is 2.47. The summed E-state index contributed by atoms with van der Waals surface area (Å²) in [7, 11) is 0. The minimum absolute atomic E-state index is 0.327. The van der Waals surface area contributed by atoms with Crippen LogP contribution in [0.3, 0.4) is 0 Å². The van der Waals surface area contributed by atoms with Gasteiger partial charge in [-0.05, 0) is 12.5 Å². The number of hydrogen-bond donors (Lipinski definition) is 1. The Kier molecular flexibility index (Phi) is 2.25. The maximum Gasteiger partial charge on any atom is 0.312 e. The van der Waals surface area contributed by atoms with Crippen LogP contribution in [0.5, 0.6) is 0 Å². The normalized spacial score (nSPS) is 31.6. The summed E-state index contributed by atoms with van der Waals surface area (Å²) in [4.78, 5) is 11.2. The maximum atomic E-state index is 11.2. The molecule has 14 heavy (non-hydrogen) atoms. The molecular formula is C11H12O3. The first-order valence-electron chi connectivity index (χ1n) is 4.63. The number of carbonyl (C=O) groups is 1. The van der Waals surface area contributed by atoms with Gasteiger partial charge in [-0.15, -0.1) is 0 Å². The second-order valence-corrected chi connectivity index (χ2v) is 3.55. The Balaban J connectivity index is 2.26. The van der Waals surface area contributed by atoms with E-state index < -0.39 is 18.1 Å². The van der Waals surface area contributed by atoms with E-state index in [-0.39, 0.29) is 5.97 Å². The average molecular weight is 192 g/mol. The van der Waals surface area contributed by atoms with Gasteiger partial charge >= 0.3 is 5.97 Å². The Morgan fingerprint density at radius 3 is 2.43 bits per heavy atom. The van der Waals surface area contributed by atoms with Crippen LogP contribution in [0.2, 0.25) is 0 Å². The predicted octanol–water partition coefficient (Wildman–Crippen LogP) is 1.28. The molecular weight excluding hydrogens is 180 g/mol. The lowest BCUT2D eigenvalue weighted by Gasteiger charge is -2.13. The first-order chi connectivity index (χ1) is 6.70. The number of aliphatic hydroxyl groups excluding tert-OH is 1. The molecule has 1 aliphatic rings. The van der Waals surface area contributed by atoms with Crippen LogP contribution in [0.4, 0.5) is 0 Å².